The van der Waals surface area contributed by atoms with E-state index in [0.29, 0.717) is 0 Å². The molecule has 0 amide bonds. The molecular weight excluding hydrogens is 705 g/mol. The zero-order valence-corrected chi connectivity index (χ0v) is 31.4. The maximum Gasteiger partial charge on any atom is 0.136 e. The summed E-state index contributed by atoms with van der Waals surface area (Å²) in [6.07, 6.45) is 0. The predicted molar refractivity (Wildman–Crippen MR) is 243 cm³/mol. The summed E-state index contributed by atoms with van der Waals surface area (Å²) >= 11 is 0. The SMILES string of the molecule is c1ccc(-c2ccc(-c3c4cccc(-c5cccc6oc7ccccc7c56)c4cc4c(-c5cccc6oc7ccccc7c56)cccc34)c(-c3ccccc3)c2)cc1. The van der Waals surface area contributed by atoms with Gasteiger partial charge in [0, 0.05) is 21.5 Å². The molecule has 0 unspecified atom stereocenters. The first-order valence-electron chi connectivity index (χ1n) is 19.8. The topological polar surface area (TPSA) is 26.3 Å². The summed E-state index contributed by atoms with van der Waals surface area (Å²) in [6, 6.07) is 74.2. The van der Waals surface area contributed by atoms with Crippen molar-refractivity contribution in [2.75, 3.05) is 0 Å². The van der Waals surface area contributed by atoms with Crippen LogP contribution < -0.4 is 0 Å². The number of fused-ring (bicyclic) bond motifs is 8. The first kappa shape index (κ1) is 32.6. The molecular formula is C56H34O2. The van der Waals surface area contributed by atoms with E-state index in [-0.39, 0.29) is 0 Å². The lowest BCUT2D eigenvalue weighted by molar-refractivity contribution is 0.668. The average molecular weight is 739 g/mol. The van der Waals surface area contributed by atoms with Crippen LogP contribution in [0.1, 0.15) is 0 Å². The lowest BCUT2D eigenvalue weighted by Gasteiger charge is -2.20. The third-order valence-electron chi connectivity index (χ3n) is 11.9. The van der Waals surface area contributed by atoms with Gasteiger partial charge in [-0.3, -0.25) is 0 Å². The molecule has 58 heavy (non-hydrogen) atoms. The average Bonchev–Trinajstić information content (AvgIpc) is 3.87. The van der Waals surface area contributed by atoms with E-state index in [1.807, 2.05) is 12.1 Å². The van der Waals surface area contributed by atoms with Gasteiger partial charge < -0.3 is 8.83 Å². The molecule has 0 radical (unpaired) electrons. The molecule has 0 aliphatic rings. The number of hydrogen-bond acceptors (Lipinski definition) is 2. The minimum atomic E-state index is 0.888. The Morgan fingerprint density at radius 1 is 0.224 bits per heavy atom. The minimum Gasteiger partial charge on any atom is -0.456 e. The van der Waals surface area contributed by atoms with E-state index in [1.165, 1.54) is 66.1 Å². The fourth-order valence-electron chi connectivity index (χ4n) is 9.35. The molecule has 0 saturated carbocycles. The van der Waals surface area contributed by atoms with Crippen LogP contribution in [0.4, 0.5) is 0 Å². The van der Waals surface area contributed by atoms with E-state index in [9.17, 15) is 0 Å². The summed E-state index contributed by atoms with van der Waals surface area (Å²) in [5.41, 5.74) is 15.4. The maximum absolute atomic E-state index is 6.44. The van der Waals surface area contributed by atoms with Crippen molar-refractivity contribution in [1.29, 1.82) is 0 Å². The first-order chi connectivity index (χ1) is 28.8. The monoisotopic (exact) mass is 738 g/mol. The molecule has 12 aromatic rings. The van der Waals surface area contributed by atoms with Crippen molar-refractivity contribution in [3.05, 3.63) is 206 Å². The molecule has 2 nitrogen and oxygen atoms in total. The van der Waals surface area contributed by atoms with E-state index < -0.39 is 0 Å². The first-order valence-corrected chi connectivity index (χ1v) is 19.8. The lowest BCUT2D eigenvalue weighted by atomic mass is 9.83. The zero-order chi connectivity index (χ0) is 38.2. The summed E-state index contributed by atoms with van der Waals surface area (Å²) < 4.78 is 12.9. The van der Waals surface area contributed by atoms with Crippen molar-refractivity contribution in [3.63, 3.8) is 0 Å². The molecule has 0 aliphatic heterocycles. The Balaban J connectivity index is 1.24. The molecule has 10 aromatic carbocycles. The Bertz CT molecular complexity index is 3380. The van der Waals surface area contributed by atoms with Crippen LogP contribution in [-0.4, -0.2) is 0 Å². The Morgan fingerprint density at radius 2 is 0.672 bits per heavy atom. The minimum absolute atomic E-state index is 0.888. The van der Waals surface area contributed by atoms with Crippen molar-refractivity contribution in [2.24, 2.45) is 0 Å². The molecule has 0 atom stereocenters. The maximum atomic E-state index is 6.44. The molecule has 2 heteroatoms. The van der Waals surface area contributed by atoms with Gasteiger partial charge in [-0.05, 0) is 114 Å². The van der Waals surface area contributed by atoms with Crippen LogP contribution in [0.25, 0.3) is 121 Å². The van der Waals surface area contributed by atoms with Crippen LogP contribution in [0.3, 0.4) is 0 Å². The second-order valence-corrected chi connectivity index (χ2v) is 15.1. The smallest absolute Gasteiger partial charge is 0.136 e. The fourth-order valence-corrected chi connectivity index (χ4v) is 9.35. The van der Waals surface area contributed by atoms with E-state index in [4.69, 9.17) is 8.83 Å². The van der Waals surface area contributed by atoms with Crippen LogP contribution in [0, 0.1) is 0 Å². The number of benzene rings is 10. The van der Waals surface area contributed by atoms with E-state index >= 15 is 0 Å². The quantitative estimate of drug-likeness (QED) is 0.164. The van der Waals surface area contributed by atoms with Gasteiger partial charge in [-0.2, -0.15) is 0 Å². The Morgan fingerprint density at radius 3 is 1.24 bits per heavy atom. The lowest BCUT2D eigenvalue weighted by Crippen LogP contribution is -1.93. The number of rotatable bonds is 5. The van der Waals surface area contributed by atoms with Gasteiger partial charge in [0.25, 0.3) is 0 Å². The van der Waals surface area contributed by atoms with E-state index in [1.54, 1.807) is 0 Å². The van der Waals surface area contributed by atoms with Crippen molar-refractivity contribution < 1.29 is 8.83 Å². The fraction of sp³-hybridized carbons (Fsp3) is 0. The predicted octanol–water partition coefficient (Wildman–Crippen LogP) is 16.1. The van der Waals surface area contributed by atoms with Crippen molar-refractivity contribution in [1.82, 2.24) is 0 Å². The molecule has 2 heterocycles. The summed E-state index contributed by atoms with van der Waals surface area (Å²) in [7, 11) is 0. The van der Waals surface area contributed by atoms with Gasteiger partial charge in [0.15, 0.2) is 0 Å². The third-order valence-corrected chi connectivity index (χ3v) is 11.9. The van der Waals surface area contributed by atoms with Gasteiger partial charge in [0.2, 0.25) is 0 Å². The van der Waals surface area contributed by atoms with Crippen LogP contribution in [0.5, 0.6) is 0 Å². The zero-order valence-electron chi connectivity index (χ0n) is 31.4. The summed E-state index contributed by atoms with van der Waals surface area (Å²) in [6.45, 7) is 0. The molecule has 0 bridgehead atoms. The van der Waals surface area contributed by atoms with Gasteiger partial charge in [0.05, 0.1) is 0 Å². The number of para-hydroxylation sites is 2. The second kappa shape index (κ2) is 12.9. The molecule has 0 aliphatic carbocycles. The van der Waals surface area contributed by atoms with Gasteiger partial charge >= 0.3 is 0 Å². The van der Waals surface area contributed by atoms with E-state index in [2.05, 4.69) is 194 Å². The second-order valence-electron chi connectivity index (χ2n) is 15.1. The Kier molecular flexibility index (Phi) is 7.26. The third kappa shape index (κ3) is 4.99. The highest BCUT2D eigenvalue weighted by Gasteiger charge is 2.22. The van der Waals surface area contributed by atoms with Crippen LogP contribution >= 0.6 is 0 Å². The highest BCUT2D eigenvalue weighted by atomic mass is 16.3. The molecule has 270 valence electrons. The number of furan rings is 2. The highest BCUT2D eigenvalue weighted by Crippen LogP contribution is 2.49. The highest BCUT2D eigenvalue weighted by molar-refractivity contribution is 6.24. The van der Waals surface area contributed by atoms with Crippen molar-refractivity contribution in [3.8, 4) is 55.6 Å². The molecule has 12 rings (SSSR count). The van der Waals surface area contributed by atoms with Gasteiger partial charge in [-0.25, -0.2) is 0 Å². The van der Waals surface area contributed by atoms with Crippen molar-refractivity contribution >= 4 is 65.4 Å². The Hall–Kier alpha value is -7.68. The van der Waals surface area contributed by atoms with Crippen LogP contribution in [-0.2, 0) is 0 Å². The Labute approximate surface area is 334 Å². The summed E-state index contributed by atoms with van der Waals surface area (Å²) in [5.74, 6) is 0. The molecule has 0 fully saturated rings. The normalized spacial score (nSPS) is 11.8. The molecule has 2 aromatic heterocycles. The van der Waals surface area contributed by atoms with Crippen LogP contribution in [0.15, 0.2) is 215 Å². The largest absolute Gasteiger partial charge is 0.456 e. The van der Waals surface area contributed by atoms with E-state index in [0.717, 1.165) is 55.0 Å². The standard InChI is InChI=1S/C56H34O2/c1-3-15-35(16-4-1)37-31-32-44(47(33-37)36-17-5-2-6-18-36)54-42-23-11-21-38(40-25-13-29-52-55(40)45-19-7-9-27-50(45)57-52)48(42)34-49-39(22-12-24-43(49)54)41-26-14-30-53-56(41)46-20-8-10-28-51(46)58-53/h1-34H. The molecule has 0 spiro atoms. The van der Waals surface area contributed by atoms with Crippen molar-refractivity contribution in [2.45, 2.75) is 0 Å². The number of hydrogen-bond donors (Lipinski definition) is 0. The summed E-state index contributed by atoms with van der Waals surface area (Å²) in [4.78, 5) is 0. The van der Waals surface area contributed by atoms with Crippen LogP contribution in [0.2, 0.25) is 0 Å². The van der Waals surface area contributed by atoms with Gasteiger partial charge in [-0.15, -0.1) is 0 Å². The summed E-state index contributed by atoms with van der Waals surface area (Å²) in [5, 5.41) is 9.27. The van der Waals surface area contributed by atoms with Gasteiger partial charge in [-0.1, -0.05) is 170 Å². The molecule has 0 N–H and O–H groups in total. The molecule has 0 saturated heterocycles. The van der Waals surface area contributed by atoms with Gasteiger partial charge in [0.1, 0.15) is 22.3 Å².